The first-order valence-electron chi connectivity index (χ1n) is 15.8. The van der Waals surface area contributed by atoms with Crippen LogP contribution in [0.3, 0.4) is 0 Å². The van der Waals surface area contributed by atoms with Crippen LogP contribution in [0.5, 0.6) is 0 Å². The molecule has 3 aromatic rings. The van der Waals surface area contributed by atoms with Gasteiger partial charge in [-0.05, 0) is 81.7 Å². The number of fused-ring (bicyclic) bond motifs is 1. The van der Waals surface area contributed by atoms with Gasteiger partial charge in [-0.15, -0.1) is 0 Å². The minimum Gasteiger partial charge on any atom is -0.382 e. The molecule has 9 nitrogen and oxygen atoms in total. The molecular weight excluding hydrogens is 629 g/mol. The van der Waals surface area contributed by atoms with Crippen LogP contribution in [-0.2, 0) is 26.6 Å². The van der Waals surface area contributed by atoms with E-state index in [1.54, 1.807) is 55.3 Å². The van der Waals surface area contributed by atoms with Gasteiger partial charge in [0.1, 0.15) is 6.54 Å². The van der Waals surface area contributed by atoms with Gasteiger partial charge in [0.25, 0.3) is 0 Å². The fraction of sp³-hybridized carbons (Fsp3) is 0.500. The molecule has 5 rings (SSSR count). The van der Waals surface area contributed by atoms with Crippen LogP contribution >= 0.6 is 0 Å². The van der Waals surface area contributed by atoms with Gasteiger partial charge in [-0.1, -0.05) is 12.0 Å². The predicted molar refractivity (Wildman–Crippen MR) is 175 cm³/mol. The molecule has 0 atom stereocenters. The average Bonchev–Trinajstić information content (AvgIpc) is 3.37. The molecule has 0 radical (unpaired) electrons. The second kappa shape index (κ2) is 13.9. The van der Waals surface area contributed by atoms with Crippen molar-refractivity contribution in [2.45, 2.75) is 70.1 Å². The molecule has 2 aromatic heterocycles. The Morgan fingerprint density at radius 1 is 1.09 bits per heavy atom. The number of carbonyl (C=O) groups excluding carboxylic acids is 1. The molecule has 1 saturated heterocycles. The first-order chi connectivity index (χ1) is 22.2. The van der Waals surface area contributed by atoms with Gasteiger partial charge in [-0.2, -0.15) is 18.4 Å². The monoisotopic (exact) mass is 668 g/mol. The zero-order valence-corrected chi connectivity index (χ0v) is 27.3. The summed E-state index contributed by atoms with van der Waals surface area (Å²) >= 11 is 0. The Kier molecular flexibility index (Phi) is 10.1. The van der Waals surface area contributed by atoms with Crippen molar-refractivity contribution in [3.8, 4) is 17.9 Å². The highest BCUT2D eigenvalue weighted by Gasteiger charge is 2.31. The van der Waals surface area contributed by atoms with Gasteiger partial charge in [0, 0.05) is 36.6 Å². The van der Waals surface area contributed by atoms with E-state index < -0.39 is 28.0 Å². The number of hydrogen-bond donors (Lipinski definition) is 2. The van der Waals surface area contributed by atoms with Crippen molar-refractivity contribution in [2.24, 2.45) is 5.92 Å². The lowest BCUT2D eigenvalue weighted by Gasteiger charge is -2.32. The van der Waals surface area contributed by atoms with E-state index in [4.69, 9.17) is 0 Å². The quantitative estimate of drug-likeness (QED) is 0.305. The van der Waals surface area contributed by atoms with Gasteiger partial charge >= 0.3 is 6.18 Å². The van der Waals surface area contributed by atoms with E-state index in [9.17, 15) is 31.6 Å². The number of anilines is 2. The number of pyridine rings is 1. The predicted octanol–water partition coefficient (Wildman–Crippen LogP) is 5.48. The molecule has 1 amide bonds. The molecule has 3 heterocycles. The number of amides is 1. The van der Waals surface area contributed by atoms with Gasteiger partial charge in [0.15, 0.2) is 9.84 Å². The number of alkyl halides is 3. The number of rotatable bonds is 8. The lowest BCUT2D eigenvalue weighted by Crippen LogP contribution is -2.44. The fourth-order valence-electron chi connectivity index (χ4n) is 6.14. The molecule has 0 unspecified atom stereocenters. The summed E-state index contributed by atoms with van der Waals surface area (Å²) < 4.78 is 65.5. The Morgan fingerprint density at radius 2 is 1.81 bits per heavy atom. The molecule has 1 aliphatic heterocycles. The Bertz CT molecular complexity index is 1800. The van der Waals surface area contributed by atoms with Gasteiger partial charge in [0.2, 0.25) is 5.91 Å². The van der Waals surface area contributed by atoms with E-state index in [1.165, 1.54) is 4.57 Å². The highest BCUT2D eigenvalue weighted by Crippen LogP contribution is 2.34. The molecule has 13 heteroatoms. The van der Waals surface area contributed by atoms with Crippen LogP contribution in [-0.4, -0.2) is 72.1 Å². The minimum absolute atomic E-state index is 0.00475. The number of sulfone groups is 1. The Balaban J connectivity index is 1.23. The van der Waals surface area contributed by atoms with Crippen LogP contribution in [0.25, 0.3) is 10.9 Å². The van der Waals surface area contributed by atoms with Crippen LogP contribution in [0.2, 0.25) is 0 Å². The summed E-state index contributed by atoms with van der Waals surface area (Å²) in [4.78, 5) is 18.7. The standard InChI is InChI=1S/C34H39F3N6O3S/c1-33(2,22-38)31-13-12-26(21-40-31)39-14-4-5-27-20-28-29(6-3-7-30(28)43(27)23-34(35,36)37)41-25-10-8-24(9-11-25)19-32(44)42-15-17-47(45,46)18-16-42/h3,6-7,12-13,20-21,24-25,39,41H,8-11,14-19,23H2,1-2H3. The van der Waals surface area contributed by atoms with Crippen LogP contribution < -0.4 is 10.6 Å². The van der Waals surface area contributed by atoms with Gasteiger partial charge in [-0.25, -0.2) is 8.42 Å². The Hall–Kier alpha value is -4.23. The van der Waals surface area contributed by atoms with Crippen molar-refractivity contribution < 1.29 is 26.4 Å². The topological polar surface area (TPSA) is 120 Å². The molecule has 1 aromatic carbocycles. The third-order valence-electron chi connectivity index (χ3n) is 8.93. The zero-order valence-electron chi connectivity index (χ0n) is 26.5. The van der Waals surface area contributed by atoms with Crippen LogP contribution in [0, 0.1) is 29.1 Å². The maximum atomic E-state index is 13.7. The van der Waals surface area contributed by atoms with E-state index in [0.29, 0.717) is 28.7 Å². The molecule has 2 N–H and O–H groups in total. The number of carbonyl (C=O) groups is 1. The Labute approximate surface area is 273 Å². The maximum Gasteiger partial charge on any atom is 0.406 e. The van der Waals surface area contributed by atoms with Crippen molar-refractivity contribution in [3.63, 3.8) is 0 Å². The summed E-state index contributed by atoms with van der Waals surface area (Å²) in [7, 11) is -3.05. The summed E-state index contributed by atoms with van der Waals surface area (Å²) in [5.74, 6) is 6.11. The summed E-state index contributed by atoms with van der Waals surface area (Å²) in [6, 6.07) is 12.8. The van der Waals surface area contributed by atoms with E-state index in [2.05, 4.69) is 33.5 Å². The summed E-state index contributed by atoms with van der Waals surface area (Å²) in [5, 5.41) is 16.6. The van der Waals surface area contributed by atoms with Crippen LogP contribution in [0.1, 0.15) is 57.3 Å². The van der Waals surface area contributed by atoms with Crippen molar-refractivity contribution in [1.29, 1.82) is 5.26 Å². The Morgan fingerprint density at radius 3 is 2.45 bits per heavy atom. The highest BCUT2D eigenvalue weighted by atomic mass is 32.2. The van der Waals surface area contributed by atoms with E-state index in [0.717, 1.165) is 31.4 Å². The van der Waals surface area contributed by atoms with Crippen LogP contribution in [0.15, 0.2) is 42.6 Å². The van der Waals surface area contributed by atoms with Gasteiger partial charge in [0.05, 0.1) is 58.3 Å². The molecule has 0 spiro atoms. The van der Waals surface area contributed by atoms with Crippen molar-refractivity contribution in [1.82, 2.24) is 14.5 Å². The summed E-state index contributed by atoms with van der Waals surface area (Å²) in [6.45, 7) is 3.09. The smallest absolute Gasteiger partial charge is 0.382 e. The fourth-order valence-corrected chi connectivity index (χ4v) is 7.34. The molecule has 2 fully saturated rings. The number of halogens is 3. The maximum absolute atomic E-state index is 13.7. The number of nitrogens with zero attached hydrogens (tertiary/aromatic N) is 4. The molecule has 1 aliphatic carbocycles. The third-order valence-corrected chi connectivity index (χ3v) is 10.5. The highest BCUT2D eigenvalue weighted by molar-refractivity contribution is 7.91. The molecule has 0 bridgehead atoms. The third kappa shape index (κ3) is 8.77. The van der Waals surface area contributed by atoms with E-state index in [-0.39, 0.29) is 54.7 Å². The van der Waals surface area contributed by atoms with Crippen molar-refractivity contribution in [3.05, 3.63) is 54.0 Å². The summed E-state index contributed by atoms with van der Waals surface area (Å²) in [5.41, 5.74) is 2.03. The van der Waals surface area contributed by atoms with Gasteiger partial charge in [-0.3, -0.25) is 9.78 Å². The first kappa shape index (κ1) is 34.1. The van der Waals surface area contributed by atoms with Crippen molar-refractivity contribution in [2.75, 3.05) is 41.8 Å². The second-order valence-electron chi connectivity index (χ2n) is 12.9. The van der Waals surface area contributed by atoms with Gasteiger partial charge < -0.3 is 20.1 Å². The minimum atomic E-state index is -4.44. The SMILES string of the molecule is CC(C)(C#N)c1ccc(NCC#Cc2cc3c(NC4CCC(CC(=O)N5CCS(=O)(=O)CC5)CC4)cccc3n2CC(F)(F)F)cn1. The lowest BCUT2D eigenvalue weighted by molar-refractivity contribution is -0.140. The number of nitrogens with one attached hydrogen (secondary N) is 2. The number of aromatic nitrogens is 2. The van der Waals surface area contributed by atoms with E-state index in [1.807, 2.05) is 6.07 Å². The van der Waals surface area contributed by atoms with E-state index >= 15 is 0 Å². The second-order valence-corrected chi connectivity index (χ2v) is 15.2. The molecule has 47 heavy (non-hydrogen) atoms. The molecule has 1 saturated carbocycles. The average molecular weight is 669 g/mol. The van der Waals surface area contributed by atoms with Crippen molar-refractivity contribution >= 4 is 38.0 Å². The number of hydrogen-bond acceptors (Lipinski definition) is 7. The first-order valence-corrected chi connectivity index (χ1v) is 17.6. The molecule has 250 valence electrons. The number of benzene rings is 1. The largest absolute Gasteiger partial charge is 0.406 e. The summed E-state index contributed by atoms with van der Waals surface area (Å²) in [6.07, 6.45) is 0.858. The number of nitriles is 1. The normalized spacial score (nSPS) is 19.8. The zero-order chi connectivity index (χ0) is 33.8. The molecule has 2 aliphatic rings. The van der Waals surface area contributed by atoms with Crippen LogP contribution in [0.4, 0.5) is 24.5 Å². The lowest BCUT2D eigenvalue weighted by atomic mass is 9.83. The molecular formula is C34H39F3N6O3S.